The molecule has 1 saturated heterocycles. The van der Waals surface area contributed by atoms with E-state index in [4.69, 9.17) is 9.47 Å². The van der Waals surface area contributed by atoms with Crippen molar-refractivity contribution in [2.24, 2.45) is 0 Å². The molecule has 1 aliphatic rings. The summed E-state index contributed by atoms with van der Waals surface area (Å²) in [4.78, 5) is 34.8. The number of carbonyl (C=O) groups is 1. The number of piperazine rings is 1. The maximum atomic E-state index is 12.1. The Hall–Kier alpha value is -3.03. The Kier molecular flexibility index (Phi) is 5.40. The van der Waals surface area contributed by atoms with E-state index in [1.807, 2.05) is 29.2 Å². The van der Waals surface area contributed by atoms with Crippen LogP contribution in [0.15, 0.2) is 35.1 Å². The van der Waals surface area contributed by atoms with Crippen LogP contribution in [-0.4, -0.2) is 60.9 Å². The van der Waals surface area contributed by atoms with E-state index in [2.05, 4.69) is 9.97 Å². The van der Waals surface area contributed by atoms with Crippen LogP contribution in [-0.2, 0) is 4.74 Å². The third-order valence-electron chi connectivity index (χ3n) is 4.22. The molecule has 0 aliphatic carbocycles. The van der Waals surface area contributed by atoms with Crippen LogP contribution in [0.3, 0.4) is 0 Å². The van der Waals surface area contributed by atoms with Crippen molar-refractivity contribution in [3.63, 3.8) is 0 Å². The van der Waals surface area contributed by atoms with Crippen molar-refractivity contribution in [3.05, 3.63) is 40.7 Å². The molecular weight excluding hydrogens is 336 g/mol. The van der Waals surface area contributed by atoms with E-state index in [0.29, 0.717) is 44.4 Å². The Morgan fingerprint density at radius 3 is 2.50 bits per heavy atom. The van der Waals surface area contributed by atoms with Gasteiger partial charge in [-0.3, -0.25) is 9.78 Å². The number of methoxy groups -OCH3 is 1. The Balaban J connectivity index is 1.76. The molecule has 2 aromatic rings. The first-order valence-electron chi connectivity index (χ1n) is 8.53. The minimum Gasteiger partial charge on any atom is -0.497 e. The number of aromatic amines is 1. The van der Waals surface area contributed by atoms with Gasteiger partial charge >= 0.3 is 6.09 Å². The zero-order chi connectivity index (χ0) is 18.5. The summed E-state index contributed by atoms with van der Waals surface area (Å²) in [5, 5.41) is 0. The largest absolute Gasteiger partial charge is 0.497 e. The van der Waals surface area contributed by atoms with Gasteiger partial charge in [0, 0.05) is 37.8 Å². The van der Waals surface area contributed by atoms with E-state index in [0.717, 1.165) is 11.3 Å². The Labute approximate surface area is 151 Å². The number of amides is 1. The van der Waals surface area contributed by atoms with Gasteiger partial charge < -0.3 is 19.3 Å². The smallest absolute Gasteiger partial charge is 0.409 e. The van der Waals surface area contributed by atoms with Gasteiger partial charge in [-0.05, 0) is 31.2 Å². The topological polar surface area (TPSA) is 87.8 Å². The van der Waals surface area contributed by atoms with Crippen LogP contribution in [0.2, 0.25) is 0 Å². The molecule has 0 spiro atoms. The quantitative estimate of drug-likeness (QED) is 0.895. The van der Waals surface area contributed by atoms with Crippen molar-refractivity contribution in [1.29, 1.82) is 0 Å². The minimum atomic E-state index is -0.305. The van der Waals surface area contributed by atoms with Crippen LogP contribution in [0.1, 0.15) is 6.92 Å². The van der Waals surface area contributed by atoms with E-state index in [1.54, 1.807) is 18.9 Å². The Bertz CT molecular complexity index is 811. The molecule has 1 amide bonds. The summed E-state index contributed by atoms with van der Waals surface area (Å²) in [6.07, 6.45) is -0.305. The fraction of sp³-hybridized carbons (Fsp3) is 0.389. The number of rotatable bonds is 4. The number of anilines is 1. The van der Waals surface area contributed by atoms with E-state index in [-0.39, 0.29) is 11.7 Å². The normalized spacial score (nSPS) is 14.2. The monoisotopic (exact) mass is 358 g/mol. The third-order valence-corrected chi connectivity index (χ3v) is 4.22. The first-order valence-corrected chi connectivity index (χ1v) is 8.53. The SMILES string of the molecule is CCOC(=O)N1CCN(c2nc(-c3ccc(OC)cc3)cc(=O)[nH]2)CC1. The molecule has 1 N–H and O–H groups in total. The molecule has 1 aromatic heterocycles. The summed E-state index contributed by atoms with van der Waals surface area (Å²) in [5.74, 6) is 1.25. The van der Waals surface area contributed by atoms with Crippen LogP contribution < -0.4 is 15.2 Å². The zero-order valence-electron chi connectivity index (χ0n) is 14.9. The molecule has 3 rings (SSSR count). The third kappa shape index (κ3) is 3.96. The number of hydrogen-bond donors (Lipinski definition) is 1. The van der Waals surface area contributed by atoms with E-state index >= 15 is 0 Å². The summed E-state index contributed by atoms with van der Waals surface area (Å²) in [7, 11) is 1.61. The molecule has 1 aromatic carbocycles. The Morgan fingerprint density at radius 2 is 1.88 bits per heavy atom. The molecule has 2 heterocycles. The summed E-state index contributed by atoms with van der Waals surface area (Å²) in [6, 6.07) is 8.86. The molecule has 8 nitrogen and oxygen atoms in total. The zero-order valence-corrected chi connectivity index (χ0v) is 14.9. The molecule has 1 aliphatic heterocycles. The van der Waals surface area contributed by atoms with E-state index in [1.165, 1.54) is 6.07 Å². The van der Waals surface area contributed by atoms with Crippen LogP contribution in [0, 0.1) is 0 Å². The number of benzene rings is 1. The Morgan fingerprint density at radius 1 is 1.19 bits per heavy atom. The molecule has 0 radical (unpaired) electrons. The molecule has 1 fully saturated rings. The molecular formula is C18H22N4O4. The number of aromatic nitrogens is 2. The van der Waals surface area contributed by atoms with Crippen LogP contribution in [0.4, 0.5) is 10.7 Å². The lowest BCUT2D eigenvalue weighted by atomic mass is 10.1. The van der Waals surface area contributed by atoms with Gasteiger partial charge in [0.2, 0.25) is 5.95 Å². The first-order chi connectivity index (χ1) is 12.6. The number of nitrogens with zero attached hydrogens (tertiary/aromatic N) is 3. The molecule has 0 saturated carbocycles. The number of carbonyl (C=O) groups excluding carboxylic acids is 1. The molecule has 8 heteroatoms. The minimum absolute atomic E-state index is 0.214. The number of ether oxygens (including phenoxy) is 2. The van der Waals surface area contributed by atoms with Crippen LogP contribution in [0.5, 0.6) is 5.75 Å². The summed E-state index contributed by atoms with van der Waals surface area (Å²) in [6.45, 7) is 4.34. The molecule has 0 bridgehead atoms. The summed E-state index contributed by atoms with van der Waals surface area (Å²) in [5.41, 5.74) is 1.22. The van der Waals surface area contributed by atoms with E-state index in [9.17, 15) is 9.59 Å². The fourth-order valence-electron chi connectivity index (χ4n) is 2.82. The second kappa shape index (κ2) is 7.90. The predicted octanol–water partition coefficient (Wildman–Crippen LogP) is 1.72. The summed E-state index contributed by atoms with van der Waals surface area (Å²) < 4.78 is 10.2. The van der Waals surface area contributed by atoms with Gasteiger partial charge in [0.1, 0.15) is 5.75 Å². The number of hydrogen-bond acceptors (Lipinski definition) is 6. The highest BCUT2D eigenvalue weighted by Crippen LogP contribution is 2.21. The lowest BCUT2D eigenvalue weighted by Crippen LogP contribution is -2.49. The van der Waals surface area contributed by atoms with Crippen molar-refractivity contribution in [3.8, 4) is 17.0 Å². The second-order valence-electron chi connectivity index (χ2n) is 5.86. The highest BCUT2D eigenvalue weighted by atomic mass is 16.6. The average molecular weight is 358 g/mol. The van der Waals surface area contributed by atoms with Crippen molar-refractivity contribution in [1.82, 2.24) is 14.9 Å². The van der Waals surface area contributed by atoms with Crippen molar-refractivity contribution in [2.45, 2.75) is 6.92 Å². The number of H-pyrrole nitrogens is 1. The molecule has 26 heavy (non-hydrogen) atoms. The van der Waals surface area contributed by atoms with Gasteiger partial charge in [-0.2, -0.15) is 0 Å². The van der Waals surface area contributed by atoms with Crippen molar-refractivity contribution >= 4 is 12.0 Å². The lowest BCUT2D eigenvalue weighted by molar-refractivity contribution is 0.105. The number of nitrogens with one attached hydrogen (secondary N) is 1. The van der Waals surface area contributed by atoms with Crippen molar-refractivity contribution < 1.29 is 14.3 Å². The van der Waals surface area contributed by atoms with Gasteiger partial charge in [0.15, 0.2) is 0 Å². The van der Waals surface area contributed by atoms with Crippen molar-refractivity contribution in [2.75, 3.05) is 44.8 Å². The molecule has 0 unspecified atom stereocenters. The van der Waals surface area contributed by atoms with Crippen LogP contribution in [0.25, 0.3) is 11.3 Å². The maximum absolute atomic E-state index is 12.1. The highest BCUT2D eigenvalue weighted by molar-refractivity contribution is 5.68. The standard InChI is InChI=1S/C18H22N4O4/c1-3-26-18(24)22-10-8-21(9-11-22)17-19-15(12-16(23)20-17)13-4-6-14(25-2)7-5-13/h4-7,12H,3,8-11H2,1-2H3,(H,19,20,23). The van der Waals surface area contributed by atoms with Gasteiger partial charge in [0.05, 0.1) is 19.4 Å². The van der Waals surface area contributed by atoms with Gasteiger partial charge in [-0.25, -0.2) is 9.78 Å². The second-order valence-corrected chi connectivity index (χ2v) is 5.86. The maximum Gasteiger partial charge on any atom is 0.409 e. The molecule has 138 valence electrons. The average Bonchev–Trinajstić information content (AvgIpc) is 2.68. The first kappa shape index (κ1) is 17.8. The van der Waals surface area contributed by atoms with Gasteiger partial charge in [-0.15, -0.1) is 0 Å². The van der Waals surface area contributed by atoms with E-state index < -0.39 is 0 Å². The highest BCUT2D eigenvalue weighted by Gasteiger charge is 2.23. The van der Waals surface area contributed by atoms with Gasteiger partial charge in [0.25, 0.3) is 5.56 Å². The van der Waals surface area contributed by atoms with Crippen LogP contribution >= 0.6 is 0 Å². The van der Waals surface area contributed by atoms with Gasteiger partial charge in [-0.1, -0.05) is 0 Å². The summed E-state index contributed by atoms with van der Waals surface area (Å²) >= 11 is 0. The fourth-order valence-corrected chi connectivity index (χ4v) is 2.82. The molecule has 0 atom stereocenters. The lowest BCUT2D eigenvalue weighted by Gasteiger charge is -2.34. The predicted molar refractivity (Wildman–Crippen MR) is 97.7 cm³/mol.